The Morgan fingerprint density at radius 3 is 2.92 bits per heavy atom. The van der Waals surface area contributed by atoms with Gasteiger partial charge in [-0.1, -0.05) is 0 Å². The molecule has 3 heteroatoms. The van der Waals surface area contributed by atoms with Crippen LogP contribution in [0.3, 0.4) is 0 Å². The number of alkyl halides is 1. The highest BCUT2D eigenvalue weighted by Crippen LogP contribution is 2.18. The summed E-state index contributed by atoms with van der Waals surface area (Å²) >= 11 is 1.64. The van der Waals surface area contributed by atoms with Crippen LogP contribution in [0.1, 0.15) is 18.9 Å². The van der Waals surface area contributed by atoms with E-state index in [0.717, 1.165) is 6.42 Å². The normalized spacial score (nSPS) is 15.9. The largest absolute Gasteiger partial charge is 0.328 e. The zero-order valence-corrected chi connectivity index (χ0v) is 8.03. The van der Waals surface area contributed by atoms with E-state index in [-0.39, 0.29) is 6.54 Å². The molecule has 1 aromatic heterocycles. The molecular weight excluding hydrogens is 173 g/mol. The lowest BCUT2D eigenvalue weighted by molar-refractivity contribution is 0.186. The van der Waals surface area contributed by atoms with Crippen molar-refractivity contribution in [1.29, 1.82) is 0 Å². The van der Waals surface area contributed by atoms with Crippen LogP contribution in [-0.4, -0.2) is 12.2 Å². The van der Waals surface area contributed by atoms with E-state index in [4.69, 9.17) is 5.73 Å². The van der Waals surface area contributed by atoms with Crippen molar-refractivity contribution in [2.45, 2.75) is 25.4 Å². The molecule has 0 aliphatic heterocycles. The molecule has 0 aromatic carbocycles. The summed E-state index contributed by atoms with van der Waals surface area (Å²) in [6, 6.07) is 2.03. The molecule has 0 bridgehead atoms. The van der Waals surface area contributed by atoms with Crippen LogP contribution in [0.15, 0.2) is 16.8 Å². The molecule has 12 heavy (non-hydrogen) atoms. The van der Waals surface area contributed by atoms with Gasteiger partial charge in [0.15, 0.2) is 0 Å². The van der Waals surface area contributed by atoms with Crippen LogP contribution in [-0.2, 0) is 6.42 Å². The molecule has 1 atom stereocenters. The number of aryl methyl sites for hydroxylation is 1. The second-order valence-electron chi connectivity index (χ2n) is 3.25. The van der Waals surface area contributed by atoms with Crippen molar-refractivity contribution < 1.29 is 4.39 Å². The molecule has 0 saturated carbocycles. The van der Waals surface area contributed by atoms with Gasteiger partial charge in [0.2, 0.25) is 0 Å². The Morgan fingerprint density at radius 1 is 1.67 bits per heavy atom. The van der Waals surface area contributed by atoms with E-state index in [1.807, 2.05) is 16.8 Å². The summed E-state index contributed by atoms with van der Waals surface area (Å²) in [5.74, 6) is 0. The molecule has 1 heterocycles. The van der Waals surface area contributed by atoms with E-state index >= 15 is 0 Å². The van der Waals surface area contributed by atoms with Crippen LogP contribution in [0.4, 0.5) is 4.39 Å². The first-order chi connectivity index (χ1) is 5.64. The van der Waals surface area contributed by atoms with Gasteiger partial charge in [-0.25, -0.2) is 4.39 Å². The Hall–Kier alpha value is -0.410. The van der Waals surface area contributed by atoms with Gasteiger partial charge in [-0.05, 0) is 42.2 Å². The average Bonchev–Trinajstić information content (AvgIpc) is 2.53. The minimum atomic E-state index is -1.21. The smallest absolute Gasteiger partial charge is 0.120 e. The molecule has 0 aliphatic carbocycles. The van der Waals surface area contributed by atoms with Crippen molar-refractivity contribution in [2.75, 3.05) is 6.54 Å². The molecule has 1 nitrogen and oxygen atoms in total. The maximum Gasteiger partial charge on any atom is 0.120 e. The highest BCUT2D eigenvalue weighted by atomic mass is 32.1. The van der Waals surface area contributed by atoms with Crippen molar-refractivity contribution in [3.8, 4) is 0 Å². The summed E-state index contributed by atoms with van der Waals surface area (Å²) in [5.41, 5.74) is 5.27. The minimum Gasteiger partial charge on any atom is -0.328 e. The fourth-order valence-corrected chi connectivity index (χ4v) is 1.65. The highest BCUT2D eigenvalue weighted by Gasteiger charge is 2.20. The molecule has 0 radical (unpaired) electrons. The quantitative estimate of drug-likeness (QED) is 0.769. The molecule has 0 saturated heterocycles. The Balaban J connectivity index is 2.36. The topological polar surface area (TPSA) is 26.0 Å². The lowest BCUT2D eigenvalue weighted by Crippen LogP contribution is -2.29. The molecule has 1 rings (SSSR count). The predicted octanol–water partition coefficient (Wildman–Crippen LogP) is 2.37. The van der Waals surface area contributed by atoms with Crippen molar-refractivity contribution in [1.82, 2.24) is 0 Å². The van der Waals surface area contributed by atoms with Crippen LogP contribution in [0.2, 0.25) is 0 Å². The molecule has 68 valence electrons. The van der Waals surface area contributed by atoms with Crippen molar-refractivity contribution in [2.24, 2.45) is 5.73 Å². The molecule has 0 spiro atoms. The van der Waals surface area contributed by atoms with Gasteiger partial charge in [0.1, 0.15) is 5.67 Å². The fraction of sp³-hybridized carbons (Fsp3) is 0.556. The maximum atomic E-state index is 13.3. The summed E-state index contributed by atoms with van der Waals surface area (Å²) in [4.78, 5) is 0. The van der Waals surface area contributed by atoms with Gasteiger partial charge in [-0.3, -0.25) is 0 Å². The third-order valence-electron chi connectivity index (χ3n) is 1.94. The van der Waals surface area contributed by atoms with Crippen LogP contribution in [0.5, 0.6) is 0 Å². The van der Waals surface area contributed by atoms with Crippen molar-refractivity contribution in [3.63, 3.8) is 0 Å². The molecule has 0 aliphatic rings. The van der Waals surface area contributed by atoms with E-state index in [0.29, 0.717) is 6.42 Å². The van der Waals surface area contributed by atoms with E-state index in [2.05, 4.69) is 0 Å². The van der Waals surface area contributed by atoms with Crippen LogP contribution >= 0.6 is 11.3 Å². The first-order valence-corrected chi connectivity index (χ1v) is 4.98. The number of rotatable bonds is 4. The Labute approximate surface area is 76.4 Å². The minimum absolute atomic E-state index is 0.108. The SMILES string of the molecule is CC(F)(CN)CCc1ccsc1. The zero-order valence-electron chi connectivity index (χ0n) is 7.22. The van der Waals surface area contributed by atoms with Crippen LogP contribution in [0, 0.1) is 0 Å². The molecule has 2 N–H and O–H groups in total. The van der Waals surface area contributed by atoms with Gasteiger partial charge in [0.05, 0.1) is 0 Å². The number of hydrogen-bond donors (Lipinski definition) is 1. The Bertz CT molecular complexity index is 218. The van der Waals surface area contributed by atoms with Gasteiger partial charge in [0.25, 0.3) is 0 Å². The number of hydrogen-bond acceptors (Lipinski definition) is 2. The van der Waals surface area contributed by atoms with E-state index in [1.165, 1.54) is 5.56 Å². The second-order valence-corrected chi connectivity index (χ2v) is 4.03. The first-order valence-electron chi connectivity index (χ1n) is 4.04. The standard InChI is InChI=1S/C9H14FNS/c1-9(10,7-11)4-2-8-3-5-12-6-8/h3,5-6H,2,4,7,11H2,1H3. The van der Waals surface area contributed by atoms with Crippen molar-refractivity contribution >= 4 is 11.3 Å². The summed E-state index contributed by atoms with van der Waals surface area (Å²) in [7, 11) is 0. The monoisotopic (exact) mass is 187 g/mol. The predicted molar refractivity (Wildman–Crippen MR) is 51.2 cm³/mol. The van der Waals surface area contributed by atoms with E-state index < -0.39 is 5.67 Å². The lowest BCUT2D eigenvalue weighted by atomic mass is 10.0. The van der Waals surface area contributed by atoms with E-state index in [1.54, 1.807) is 18.3 Å². The van der Waals surface area contributed by atoms with Gasteiger partial charge in [0, 0.05) is 6.54 Å². The van der Waals surface area contributed by atoms with Crippen LogP contribution < -0.4 is 5.73 Å². The maximum absolute atomic E-state index is 13.3. The molecule has 1 unspecified atom stereocenters. The fourth-order valence-electron chi connectivity index (χ4n) is 0.942. The molecule has 1 aromatic rings. The highest BCUT2D eigenvalue weighted by molar-refractivity contribution is 7.07. The van der Waals surface area contributed by atoms with E-state index in [9.17, 15) is 4.39 Å². The van der Waals surface area contributed by atoms with Crippen molar-refractivity contribution in [3.05, 3.63) is 22.4 Å². The number of nitrogens with two attached hydrogens (primary N) is 1. The van der Waals surface area contributed by atoms with Gasteiger partial charge in [-0.2, -0.15) is 11.3 Å². The second kappa shape index (κ2) is 4.01. The number of thiophene rings is 1. The van der Waals surface area contributed by atoms with Gasteiger partial charge < -0.3 is 5.73 Å². The van der Waals surface area contributed by atoms with Gasteiger partial charge in [-0.15, -0.1) is 0 Å². The third-order valence-corrected chi connectivity index (χ3v) is 2.67. The zero-order chi connectivity index (χ0) is 9.03. The molecular formula is C9H14FNS. The molecule has 0 fully saturated rings. The Morgan fingerprint density at radius 2 is 2.42 bits per heavy atom. The molecule has 0 amide bonds. The number of halogens is 1. The first kappa shape index (κ1) is 9.68. The summed E-state index contributed by atoms with van der Waals surface area (Å²) in [5, 5.41) is 4.06. The lowest BCUT2D eigenvalue weighted by Gasteiger charge is -2.16. The summed E-state index contributed by atoms with van der Waals surface area (Å²) in [6.07, 6.45) is 1.30. The Kier molecular flexibility index (Phi) is 3.23. The van der Waals surface area contributed by atoms with Crippen LogP contribution in [0.25, 0.3) is 0 Å². The summed E-state index contributed by atoms with van der Waals surface area (Å²) in [6.45, 7) is 1.66. The van der Waals surface area contributed by atoms with Gasteiger partial charge >= 0.3 is 0 Å². The summed E-state index contributed by atoms with van der Waals surface area (Å²) < 4.78 is 13.3. The average molecular weight is 187 g/mol. The third kappa shape index (κ3) is 2.91.